The summed E-state index contributed by atoms with van der Waals surface area (Å²) in [4.78, 5) is 11.5. The lowest BCUT2D eigenvalue weighted by molar-refractivity contribution is -0.149. The second kappa shape index (κ2) is 3.50. The van der Waals surface area contributed by atoms with Crippen LogP contribution in [0.1, 0.15) is 18.4 Å². The highest BCUT2D eigenvalue weighted by Gasteiger charge is 2.47. The molecule has 0 saturated carbocycles. The summed E-state index contributed by atoms with van der Waals surface area (Å²) >= 11 is 5.99. The maximum atomic E-state index is 11.5. The van der Waals surface area contributed by atoms with Crippen LogP contribution in [0.25, 0.3) is 0 Å². The van der Waals surface area contributed by atoms with Gasteiger partial charge in [-0.3, -0.25) is 0 Å². The number of rotatable bonds is 0. The van der Waals surface area contributed by atoms with Crippen molar-refractivity contribution in [1.29, 1.82) is 0 Å². The third-order valence-electron chi connectivity index (χ3n) is 3.27. The van der Waals surface area contributed by atoms with Gasteiger partial charge in [-0.15, -0.1) is 0 Å². The minimum absolute atomic E-state index is 0.321. The fraction of sp³-hybridized carbons (Fsp3) is 0.308. The van der Waals surface area contributed by atoms with Gasteiger partial charge in [0.1, 0.15) is 11.4 Å². The first-order chi connectivity index (χ1) is 8.11. The molecule has 0 unspecified atom stereocenters. The number of benzene rings is 1. The molecule has 2 heterocycles. The number of hydrogen-bond acceptors (Lipinski definition) is 3. The molecule has 1 atom stereocenters. The van der Waals surface area contributed by atoms with E-state index in [1.165, 1.54) is 0 Å². The fourth-order valence-electron chi connectivity index (χ4n) is 2.44. The van der Waals surface area contributed by atoms with Crippen molar-refractivity contribution in [3.05, 3.63) is 40.9 Å². The Morgan fingerprint density at radius 2 is 2.24 bits per heavy atom. The number of carbonyl (C=O) groups excluding carboxylic acids is 1. The van der Waals surface area contributed by atoms with Crippen LogP contribution in [0.3, 0.4) is 0 Å². The van der Waals surface area contributed by atoms with Crippen LogP contribution in [-0.2, 0) is 15.1 Å². The lowest BCUT2D eigenvalue weighted by Crippen LogP contribution is -2.32. The highest BCUT2D eigenvalue weighted by atomic mass is 35.5. The molecule has 0 bridgehead atoms. The maximum Gasteiger partial charge on any atom is 0.334 e. The predicted molar refractivity (Wildman–Crippen MR) is 63.1 cm³/mol. The number of carbonyl (C=O) groups is 1. The van der Waals surface area contributed by atoms with Crippen molar-refractivity contribution in [2.75, 3.05) is 6.61 Å². The van der Waals surface area contributed by atoms with Gasteiger partial charge in [0, 0.05) is 29.0 Å². The lowest BCUT2D eigenvalue weighted by atomic mass is 9.85. The van der Waals surface area contributed by atoms with Crippen molar-refractivity contribution < 1.29 is 14.3 Å². The van der Waals surface area contributed by atoms with Gasteiger partial charge in [0.2, 0.25) is 0 Å². The van der Waals surface area contributed by atoms with Crippen LogP contribution in [0.5, 0.6) is 5.75 Å². The number of ether oxygens (including phenoxy) is 2. The molecule has 4 heteroatoms. The predicted octanol–water partition coefficient (Wildman–Crippen LogP) is 2.82. The van der Waals surface area contributed by atoms with Gasteiger partial charge in [-0.05, 0) is 18.2 Å². The van der Waals surface area contributed by atoms with Crippen LogP contribution >= 0.6 is 11.6 Å². The minimum Gasteiger partial charge on any atom is -0.493 e. The Hall–Kier alpha value is -1.48. The molecule has 1 aromatic rings. The van der Waals surface area contributed by atoms with E-state index >= 15 is 0 Å². The van der Waals surface area contributed by atoms with E-state index in [1.807, 2.05) is 12.1 Å². The van der Waals surface area contributed by atoms with Gasteiger partial charge in [-0.2, -0.15) is 0 Å². The molecule has 2 aliphatic heterocycles. The third kappa shape index (κ3) is 1.53. The van der Waals surface area contributed by atoms with Gasteiger partial charge in [-0.1, -0.05) is 18.2 Å². The molecule has 1 fully saturated rings. The van der Waals surface area contributed by atoms with E-state index < -0.39 is 5.60 Å². The summed E-state index contributed by atoms with van der Waals surface area (Å²) in [5.74, 6) is 0.418. The van der Waals surface area contributed by atoms with E-state index in [1.54, 1.807) is 6.07 Å². The smallest absolute Gasteiger partial charge is 0.334 e. The third-order valence-corrected chi connectivity index (χ3v) is 3.51. The van der Waals surface area contributed by atoms with Crippen molar-refractivity contribution in [2.45, 2.75) is 18.4 Å². The number of esters is 1. The molecule has 17 heavy (non-hydrogen) atoms. The van der Waals surface area contributed by atoms with Crippen LogP contribution in [0, 0.1) is 0 Å². The highest BCUT2D eigenvalue weighted by Crippen LogP contribution is 2.48. The maximum absolute atomic E-state index is 11.5. The summed E-state index contributed by atoms with van der Waals surface area (Å²) in [6.07, 6.45) is 1.16. The van der Waals surface area contributed by atoms with Gasteiger partial charge < -0.3 is 9.47 Å². The molecule has 0 aromatic heterocycles. The molecule has 0 N–H and O–H groups in total. The second-order valence-corrected chi connectivity index (χ2v) is 4.84. The number of halogens is 1. The van der Waals surface area contributed by atoms with Crippen molar-refractivity contribution in [1.82, 2.24) is 0 Å². The molecule has 2 aliphatic rings. The molecule has 3 rings (SSSR count). The van der Waals surface area contributed by atoms with E-state index in [2.05, 4.69) is 6.58 Å². The summed E-state index contributed by atoms with van der Waals surface area (Å²) in [5.41, 5.74) is 0.744. The van der Waals surface area contributed by atoms with Crippen LogP contribution < -0.4 is 4.74 Å². The lowest BCUT2D eigenvalue weighted by Gasteiger charge is -2.33. The zero-order chi connectivity index (χ0) is 12.0. The molecule has 1 spiro atoms. The molecule has 0 amide bonds. The number of hydrogen-bond donors (Lipinski definition) is 0. The summed E-state index contributed by atoms with van der Waals surface area (Å²) in [5, 5.41) is 0.613. The Kier molecular flexibility index (Phi) is 2.20. The van der Waals surface area contributed by atoms with Crippen LogP contribution in [-0.4, -0.2) is 12.6 Å². The van der Waals surface area contributed by atoms with E-state index in [9.17, 15) is 4.79 Å². The fourth-order valence-corrected chi connectivity index (χ4v) is 2.61. The highest BCUT2D eigenvalue weighted by molar-refractivity contribution is 6.30. The first kappa shape index (κ1) is 10.7. The summed E-state index contributed by atoms with van der Waals surface area (Å²) in [7, 11) is 0. The summed E-state index contributed by atoms with van der Waals surface area (Å²) in [6, 6.07) is 5.39. The molecular weight excluding hydrogens is 240 g/mol. The average molecular weight is 251 g/mol. The topological polar surface area (TPSA) is 35.5 Å². The van der Waals surface area contributed by atoms with E-state index in [0.717, 1.165) is 11.3 Å². The van der Waals surface area contributed by atoms with Crippen molar-refractivity contribution >= 4 is 17.6 Å². The number of fused-ring (bicyclic) bond motifs is 2. The molecule has 88 valence electrons. The zero-order valence-electron chi connectivity index (χ0n) is 9.16. The Bertz CT molecular complexity index is 505. The molecule has 0 radical (unpaired) electrons. The Morgan fingerprint density at radius 1 is 1.41 bits per heavy atom. The Balaban J connectivity index is 2.13. The van der Waals surface area contributed by atoms with Crippen molar-refractivity contribution in [2.24, 2.45) is 0 Å². The van der Waals surface area contributed by atoms with Crippen LogP contribution in [0.4, 0.5) is 0 Å². The van der Waals surface area contributed by atoms with E-state index in [-0.39, 0.29) is 5.97 Å². The molecule has 1 aromatic carbocycles. The standard InChI is InChI=1S/C13H11ClO3/c1-8-7-13(17-12(8)15)4-5-16-11-3-2-9(14)6-10(11)13/h2-3,6H,1,4-5,7H2/t13-/m1/s1. The minimum atomic E-state index is -0.618. The monoisotopic (exact) mass is 250 g/mol. The summed E-state index contributed by atoms with van der Waals surface area (Å²) in [6.45, 7) is 4.27. The van der Waals surface area contributed by atoms with E-state index in [4.69, 9.17) is 21.1 Å². The van der Waals surface area contributed by atoms with Crippen LogP contribution in [0.2, 0.25) is 5.02 Å². The first-order valence-electron chi connectivity index (χ1n) is 5.45. The van der Waals surface area contributed by atoms with E-state index in [0.29, 0.717) is 30.0 Å². The van der Waals surface area contributed by atoms with Gasteiger partial charge in [0.05, 0.1) is 6.61 Å². The SMILES string of the molecule is C=C1C[C@@]2(CCOc3ccc(Cl)cc32)OC1=O. The van der Waals surface area contributed by atoms with Gasteiger partial charge in [-0.25, -0.2) is 4.79 Å². The van der Waals surface area contributed by atoms with Gasteiger partial charge in [0.15, 0.2) is 0 Å². The Labute approximate surface area is 104 Å². The molecule has 0 aliphatic carbocycles. The molecule has 1 saturated heterocycles. The average Bonchev–Trinajstić information content (AvgIpc) is 2.57. The zero-order valence-corrected chi connectivity index (χ0v) is 9.92. The van der Waals surface area contributed by atoms with Gasteiger partial charge in [0.25, 0.3) is 0 Å². The quantitative estimate of drug-likeness (QED) is 0.525. The Morgan fingerprint density at radius 3 is 2.94 bits per heavy atom. The largest absolute Gasteiger partial charge is 0.493 e. The van der Waals surface area contributed by atoms with Crippen molar-refractivity contribution in [3.8, 4) is 5.75 Å². The van der Waals surface area contributed by atoms with Crippen LogP contribution in [0.15, 0.2) is 30.4 Å². The first-order valence-corrected chi connectivity index (χ1v) is 5.82. The normalized spacial score (nSPS) is 26.6. The van der Waals surface area contributed by atoms with Gasteiger partial charge >= 0.3 is 5.97 Å². The molecular formula is C13H11ClO3. The second-order valence-electron chi connectivity index (χ2n) is 4.40. The summed E-state index contributed by atoms with van der Waals surface area (Å²) < 4.78 is 11.1. The van der Waals surface area contributed by atoms with Crippen molar-refractivity contribution in [3.63, 3.8) is 0 Å². The molecule has 3 nitrogen and oxygen atoms in total.